The molecule has 6 heteroatoms. The van der Waals surface area contributed by atoms with Crippen LogP contribution in [-0.2, 0) is 6.54 Å². The highest BCUT2D eigenvalue weighted by atomic mass is 16.1. The maximum absolute atomic E-state index is 12.3. The Morgan fingerprint density at radius 1 is 1.20 bits per heavy atom. The zero-order valence-electron chi connectivity index (χ0n) is 14.4. The van der Waals surface area contributed by atoms with Crippen molar-refractivity contribution in [3.8, 4) is 5.82 Å². The highest BCUT2D eigenvalue weighted by Crippen LogP contribution is 2.13. The van der Waals surface area contributed by atoms with Gasteiger partial charge in [0.1, 0.15) is 0 Å². The summed E-state index contributed by atoms with van der Waals surface area (Å²) in [4.78, 5) is 18.7. The first-order valence-electron chi connectivity index (χ1n) is 8.21. The fraction of sp³-hybridized carbons (Fsp3) is 0.211. The summed E-state index contributed by atoms with van der Waals surface area (Å²) in [6.45, 7) is 3.45. The van der Waals surface area contributed by atoms with E-state index in [4.69, 9.17) is 0 Å². The maximum atomic E-state index is 12.3. The predicted octanol–water partition coefficient (Wildman–Crippen LogP) is 2.65. The third-order valence-electron chi connectivity index (χ3n) is 4.05. The average Bonchev–Trinajstić information content (AvgIpc) is 3.21. The Labute approximate surface area is 147 Å². The van der Waals surface area contributed by atoms with Gasteiger partial charge in [-0.15, -0.1) is 0 Å². The standard InChI is InChI=1S/C19H21N5O/c1-3-23(2)17-8-6-16(7-9-17)19(25)21-14-15-5-10-18(20-13-15)24-12-4-11-22-24/h4-13H,3,14H2,1-2H3,(H,21,25). The van der Waals surface area contributed by atoms with Gasteiger partial charge in [-0.25, -0.2) is 9.67 Å². The van der Waals surface area contributed by atoms with Crippen LogP contribution in [0.5, 0.6) is 0 Å². The van der Waals surface area contributed by atoms with Gasteiger partial charge in [0.2, 0.25) is 0 Å². The van der Waals surface area contributed by atoms with Crippen LogP contribution in [0, 0.1) is 0 Å². The molecule has 1 N–H and O–H groups in total. The first-order chi connectivity index (χ1) is 12.2. The molecule has 128 valence electrons. The van der Waals surface area contributed by atoms with Gasteiger partial charge in [-0.05, 0) is 48.9 Å². The number of aromatic nitrogens is 3. The summed E-state index contributed by atoms with van der Waals surface area (Å²) in [5.41, 5.74) is 2.68. The number of hydrogen-bond donors (Lipinski definition) is 1. The Morgan fingerprint density at radius 2 is 2.00 bits per heavy atom. The quantitative estimate of drug-likeness (QED) is 0.752. The highest BCUT2D eigenvalue weighted by molar-refractivity contribution is 5.94. The molecule has 3 rings (SSSR count). The molecular weight excluding hydrogens is 314 g/mol. The summed E-state index contributed by atoms with van der Waals surface area (Å²) < 4.78 is 1.69. The van der Waals surface area contributed by atoms with Crippen LogP contribution in [0.15, 0.2) is 61.1 Å². The number of hydrogen-bond acceptors (Lipinski definition) is 4. The molecule has 0 bridgehead atoms. The summed E-state index contributed by atoms with van der Waals surface area (Å²) in [5.74, 6) is 0.651. The van der Waals surface area contributed by atoms with E-state index in [9.17, 15) is 4.79 Å². The second-order valence-corrected chi connectivity index (χ2v) is 5.72. The lowest BCUT2D eigenvalue weighted by Gasteiger charge is -2.16. The van der Waals surface area contributed by atoms with Crippen LogP contribution in [0.4, 0.5) is 5.69 Å². The van der Waals surface area contributed by atoms with E-state index in [-0.39, 0.29) is 5.91 Å². The lowest BCUT2D eigenvalue weighted by atomic mass is 10.2. The summed E-state index contributed by atoms with van der Waals surface area (Å²) in [6, 6.07) is 13.3. The van der Waals surface area contributed by atoms with Gasteiger partial charge >= 0.3 is 0 Å². The Bertz CT molecular complexity index is 810. The molecule has 0 radical (unpaired) electrons. The second kappa shape index (κ2) is 7.61. The van der Waals surface area contributed by atoms with Crippen molar-refractivity contribution in [2.75, 3.05) is 18.5 Å². The number of pyridine rings is 1. The molecule has 0 atom stereocenters. The Kier molecular flexibility index (Phi) is 5.09. The van der Waals surface area contributed by atoms with E-state index in [1.165, 1.54) is 0 Å². The zero-order chi connectivity index (χ0) is 17.6. The first-order valence-corrected chi connectivity index (χ1v) is 8.21. The Hall–Kier alpha value is -3.15. The van der Waals surface area contributed by atoms with Gasteiger partial charge in [-0.2, -0.15) is 5.10 Å². The Balaban J connectivity index is 1.58. The number of anilines is 1. The SMILES string of the molecule is CCN(C)c1ccc(C(=O)NCc2ccc(-n3cccn3)nc2)cc1. The minimum absolute atomic E-state index is 0.0955. The van der Waals surface area contributed by atoms with Crippen molar-refractivity contribution >= 4 is 11.6 Å². The fourth-order valence-corrected chi connectivity index (χ4v) is 2.40. The monoisotopic (exact) mass is 335 g/mol. The highest BCUT2D eigenvalue weighted by Gasteiger charge is 2.07. The van der Waals surface area contributed by atoms with Crippen LogP contribution < -0.4 is 10.2 Å². The largest absolute Gasteiger partial charge is 0.375 e. The number of benzene rings is 1. The maximum Gasteiger partial charge on any atom is 0.251 e. The first kappa shape index (κ1) is 16.7. The molecule has 1 amide bonds. The van der Waals surface area contributed by atoms with Crippen LogP contribution in [0.3, 0.4) is 0 Å². The molecule has 0 fully saturated rings. The van der Waals surface area contributed by atoms with Crippen molar-refractivity contribution in [2.45, 2.75) is 13.5 Å². The van der Waals surface area contributed by atoms with Crippen molar-refractivity contribution in [1.82, 2.24) is 20.1 Å². The molecular formula is C19H21N5O. The van der Waals surface area contributed by atoms with E-state index in [0.29, 0.717) is 12.1 Å². The topological polar surface area (TPSA) is 63.1 Å². The molecule has 0 unspecified atom stereocenters. The summed E-state index contributed by atoms with van der Waals surface area (Å²) in [6.07, 6.45) is 5.29. The van der Waals surface area contributed by atoms with Gasteiger partial charge < -0.3 is 10.2 Å². The van der Waals surface area contributed by atoms with Crippen molar-refractivity contribution in [1.29, 1.82) is 0 Å². The van der Waals surface area contributed by atoms with Gasteiger partial charge in [-0.3, -0.25) is 4.79 Å². The van der Waals surface area contributed by atoms with E-state index < -0.39 is 0 Å². The van der Waals surface area contributed by atoms with Gasteiger partial charge in [0, 0.05) is 50.0 Å². The number of rotatable bonds is 6. The molecule has 0 aliphatic heterocycles. The third-order valence-corrected chi connectivity index (χ3v) is 4.05. The molecule has 0 aliphatic carbocycles. The number of nitrogens with one attached hydrogen (secondary N) is 1. The minimum atomic E-state index is -0.0955. The molecule has 0 spiro atoms. The van der Waals surface area contributed by atoms with E-state index in [2.05, 4.69) is 27.2 Å². The minimum Gasteiger partial charge on any atom is -0.375 e. The zero-order valence-corrected chi connectivity index (χ0v) is 14.4. The molecule has 3 aromatic rings. The lowest BCUT2D eigenvalue weighted by molar-refractivity contribution is 0.0951. The van der Waals surface area contributed by atoms with Crippen LogP contribution in [0.25, 0.3) is 5.82 Å². The van der Waals surface area contributed by atoms with Gasteiger partial charge in [0.15, 0.2) is 5.82 Å². The summed E-state index contributed by atoms with van der Waals surface area (Å²) in [5, 5.41) is 7.05. The van der Waals surface area contributed by atoms with E-state index in [0.717, 1.165) is 23.6 Å². The van der Waals surface area contributed by atoms with Crippen molar-refractivity contribution < 1.29 is 4.79 Å². The number of carbonyl (C=O) groups excluding carboxylic acids is 1. The van der Waals surface area contributed by atoms with Crippen molar-refractivity contribution in [3.05, 3.63) is 72.2 Å². The van der Waals surface area contributed by atoms with E-state index >= 15 is 0 Å². The smallest absolute Gasteiger partial charge is 0.251 e. The lowest BCUT2D eigenvalue weighted by Crippen LogP contribution is -2.23. The Morgan fingerprint density at radius 3 is 2.60 bits per heavy atom. The van der Waals surface area contributed by atoms with Crippen LogP contribution in [0.2, 0.25) is 0 Å². The van der Waals surface area contributed by atoms with Gasteiger partial charge in [0.05, 0.1) is 0 Å². The van der Waals surface area contributed by atoms with Crippen LogP contribution in [-0.4, -0.2) is 34.3 Å². The van der Waals surface area contributed by atoms with Gasteiger partial charge in [-0.1, -0.05) is 6.07 Å². The predicted molar refractivity (Wildman–Crippen MR) is 97.9 cm³/mol. The third kappa shape index (κ3) is 4.03. The molecule has 2 aromatic heterocycles. The molecule has 25 heavy (non-hydrogen) atoms. The van der Waals surface area contributed by atoms with Crippen molar-refractivity contribution in [2.24, 2.45) is 0 Å². The number of carbonyl (C=O) groups is 1. The average molecular weight is 335 g/mol. The second-order valence-electron chi connectivity index (χ2n) is 5.72. The normalized spacial score (nSPS) is 10.5. The molecule has 0 saturated heterocycles. The molecule has 1 aromatic carbocycles. The number of nitrogens with zero attached hydrogens (tertiary/aromatic N) is 4. The molecule has 2 heterocycles. The molecule has 0 saturated carbocycles. The van der Waals surface area contributed by atoms with E-state index in [1.807, 2.05) is 55.7 Å². The number of amides is 1. The molecule has 6 nitrogen and oxygen atoms in total. The summed E-state index contributed by atoms with van der Waals surface area (Å²) in [7, 11) is 2.02. The van der Waals surface area contributed by atoms with Crippen LogP contribution in [0.1, 0.15) is 22.8 Å². The van der Waals surface area contributed by atoms with Gasteiger partial charge in [0.25, 0.3) is 5.91 Å². The summed E-state index contributed by atoms with van der Waals surface area (Å²) >= 11 is 0. The molecule has 0 aliphatic rings. The fourth-order valence-electron chi connectivity index (χ4n) is 2.40. The van der Waals surface area contributed by atoms with Crippen molar-refractivity contribution in [3.63, 3.8) is 0 Å². The van der Waals surface area contributed by atoms with Crippen LogP contribution >= 0.6 is 0 Å². The van der Waals surface area contributed by atoms with E-state index in [1.54, 1.807) is 17.1 Å².